The molecule has 1 aromatic rings. The van der Waals surface area contributed by atoms with Crippen LogP contribution in [0.4, 0.5) is 5.69 Å². The zero-order valence-corrected chi connectivity index (χ0v) is 15.8. The third-order valence-electron chi connectivity index (χ3n) is 4.08. The number of amides is 2. The SMILES string of the molecule is CC(C)N(C(=O)[C@H](C)OC(=O)C[C@@H]1Oc2ccccc2NC1=O)C(C)C. The van der Waals surface area contributed by atoms with Gasteiger partial charge in [0.25, 0.3) is 11.8 Å². The van der Waals surface area contributed by atoms with Gasteiger partial charge in [0.1, 0.15) is 5.75 Å². The van der Waals surface area contributed by atoms with Gasteiger partial charge in [0.15, 0.2) is 12.2 Å². The molecule has 0 saturated heterocycles. The fourth-order valence-corrected chi connectivity index (χ4v) is 2.99. The van der Waals surface area contributed by atoms with Crippen molar-refractivity contribution < 1.29 is 23.9 Å². The number of rotatable bonds is 6. The Labute approximate surface area is 153 Å². The molecule has 2 amide bonds. The third kappa shape index (κ3) is 4.53. The number of esters is 1. The lowest BCUT2D eigenvalue weighted by Gasteiger charge is -2.33. The lowest BCUT2D eigenvalue weighted by Crippen LogP contribution is -2.48. The van der Waals surface area contributed by atoms with Crippen molar-refractivity contribution in [1.82, 2.24) is 4.90 Å². The largest absolute Gasteiger partial charge is 0.478 e. The van der Waals surface area contributed by atoms with Crippen LogP contribution in [0.5, 0.6) is 5.75 Å². The number of ether oxygens (including phenoxy) is 2. The maximum absolute atomic E-state index is 12.5. The molecule has 0 unspecified atom stereocenters. The minimum atomic E-state index is -0.981. The van der Waals surface area contributed by atoms with Gasteiger partial charge in [-0.3, -0.25) is 14.4 Å². The number of carbonyl (C=O) groups excluding carboxylic acids is 3. The van der Waals surface area contributed by atoms with E-state index in [0.29, 0.717) is 11.4 Å². The van der Waals surface area contributed by atoms with Crippen LogP contribution >= 0.6 is 0 Å². The average molecular weight is 362 g/mol. The molecule has 2 atom stereocenters. The van der Waals surface area contributed by atoms with Gasteiger partial charge in [-0.05, 0) is 46.8 Å². The third-order valence-corrected chi connectivity index (χ3v) is 4.08. The summed E-state index contributed by atoms with van der Waals surface area (Å²) < 4.78 is 10.8. The second-order valence-corrected chi connectivity index (χ2v) is 6.86. The standard InChI is InChI=1S/C19H26N2O5/c1-11(2)21(12(3)4)19(24)13(5)25-17(22)10-16-18(23)20-14-8-6-7-9-15(14)26-16/h6-9,11-13,16H,10H2,1-5H3,(H,20,23)/t13-,16-/m0/s1. The summed E-state index contributed by atoms with van der Waals surface area (Å²) in [6.07, 6.45) is -2.17. The molecular formula is C19H26N2O5. The van der Waals surface area contributed by atoms with Crippen LogP contribution in [0.3, 0.4) is 0 Å². The lowest BCUT2D eigenvalue weighted by atomic mass is 10.1. The van der Waals surface area contributed by atoms with Crippen molar-refractivity contribution in [1.29, 1.82) is 0 Å². The number of benzene rings is 1. The van der Waals surface area contributed by atoms with E-state index in [2.05, 4.69) is 5.32 Å². The highest BCUT2D eigenvalue weighted by molar-refractivity contribution is 5.99. The molecule has 26 heavy (non-hydrogen) atoms. The number of fused-ring (bicyclic) bond motifs is 1. The van der Waals surface area contributed by atoms with E-state index in [-0.39, 0.29) is 24.4 Å². The van der Waals surface area contributed by atoms with Crippen molar-refractivity contribution >= 4 is 23.5 Å². The van der Waals surface area contributed by atoms with E-state index in [1.54, 1.807) is 29.2 Å². The number of nitrogens with one attached hydrogen (secondary N) is 1. The van der Waals surface area contributed by atoms with Gasteiger partial charge in [-0.1, -0.05) is 12.1 Å². The van der Waals surface area contributed by atoms with Gasteiger partial charge >= 0.3 is 5.97 Å². The summed E-state index contributed by atoms with van der Waals surface area (Å²) >= 11 is 0. The first kappa shape index (κ1) is 19.8. The average Bonchev–Trinajstić information content (AvgIpc) is 2.54. The fraction of sp³-hybridized carbons (Fsp3) is 0.526. The monoisotopic (exact) mass is 362 g/mol. The Bertz CT molecular complexity index is 678. The molecule has 0 bridgehead atoms. The van der Waals surface area contributed by atoms with E-state index in [9.17, 15) is 14.4 Å². The highest BCUT2D eigenvalue weighted by Crippen LogP contribution is 2.29. The summed E-state index contributed by atoms with van der Waals surface area (Å²) in [5, 5.41) is 2.69. The van der Waals surface area contributed by atoms with Crippen LogP contribution < -0.4 is 10.1 Å². The second-order valence-electron chi connectivity index (χ2n) is 6.86. The molecule has 1 aliphatic rings. The highest BCUT2D eigenvalue weighted by Gasteiger charge is 2.32. The van der Waals surface area contributed by atoms with Gasteiger partial charge < -0.3 is 19.7 Å². The zero-order valence-electron chi connectivity index (χ0n) is 15.8. The molecule has 7 heteroatoms. The van der Waals surface area contributed by atoms with Crippen molar-refractivity contribution in [2.24, 2.45) is 0 Å². The van der Waals surface area contributed by atoms with Crippen LogP contribution in [-0.2, 0) is 19.1 Å². The molecule has 1 heterocycles. The van der Waals surface area contributed by atoms with Crippen molar-refractivity contribution in [2.45, 2.75) is 65.3 Å². The molecule has 0 fully saturated rings. The highest BCUT2D eigenvalue weighted by atomic mass is 16.6. The van der Waals surface area contributed by atoms with E-state index in [0.717, 1.165) is 0 Å². The molecule has 0 radical (unpaired) electrons. The minimum Gasteiger partial charge on any atom is -0.478 e. The van der Waals surface area contributed by atoms with E-state index in [1.807, 2.05) is 27.7 Å². The molecule has 0 spiro atoms. The van der Waals surface area contributed by atoms with Crippen LogP contribution in [0.15, 0.2) is 24.3 Å². The van der Waals surface area contributed by atoms with Crippen LogP contribution in [-0.4, -0.2) is 47.0 Å². The number of anilines is 1. The molecule has 142 valence electrons. The quantitative estimate of drug-likeness (QED) is 0.785. The predicted molar refractivity (Wildman–Crippen MR) is 96.8 cm³/mol. The Hall–Kier alpha value is -2.57. The van der Waals surface area contributed by atoms with Crippen molar-refractivity contribution in [2.75, 3.05) is 5.32 Å². The van der Waals surface area contributed by atoms with Crippen LogP contribution in [0.1, 0.15) is 41.0 Å². The van der Waals surface area contributed by atoms with Gasteiger partial charge in [0, 0.05) is 12.1 Å². The summed E-state index contributed by atoms with van der Waals surface area (Å²) in [5.74, 6) is -0.828. The maximum Gasteiger partial charge on any atom is 0.310 e. The van der Waals surface area contributed by atoms with Gasteiger partial charge in [0.05, 0.1) is 12.1 Å². The number of hydrogen-bond acceptors (Lipinski definition) is 5. The Balaban J connectivity index is 1.96. The lowest BCUT2D eigenvalue weighted by molar-refractivity contribution is -0.162. The van der Waals surface area contributed by atoms with Gasteiger partial charge in [-0.15, -0.1) is 0 Å². The number of nitrogens with zero attached hydrogens (tertiary/aromatic N) is 1. The Morgan fingerprint density at radius 2 is 1.77 bits per heavy atom. The molecule has 1 N–H and O–H groups in total. The van der Waals surface area contributed by atoms with Gasteiger partial charge in [0.2, 0.25) is 0 Å². The zero-order chi connectivity index (χ0) is 19.4. The van der Waals surface area contributed by atoms with Crippen molar-refractivity contribution in [3.05, 3.63) is 24.3 Å². The van der Waals surface area contributed by atoms with Crippen LogP contribution in [0, 0.1) is 0 Å². The van der Waals surface area contributed by atoms with Crippen molar-refractivity contribution in [3.63, 3.8) is 0 Å². The van der Waals surface area contributed by atoms with Crippen molar-refractivity contribution in [3.8, 4) is 5.75 Å². The first-order valence-electron chi connectivity index (χ1n) is 8.79. The normalized spacial score (nSPS) is 17.2. The summed E-state index contributed by atoms with van der Waals surface area (Å²) in [6.45, 7) is 9.16. The predicted octanol–water partition coefficient (Wildman–Crippen LogP) is 2.35. The molecule has 0 aliphatic carbocycles. The van der Waals surface area contributed by atoms with Crippen LogP contribution in [0.25, 0.3) is 0 Å². The molecule has 1 aliphatic heterocycles. The van der Waals surface area contributed by atoms with E-state index in [1.165, 1.54) is 6.92 Å². The van der Waals surface area contributed by atoms with Gasteiger partial charge in [-0.2, -0.15) is 0 Å². The Morgan fingerprint density at radius 1 is 1.15 bits per heavy atom. The summed E-state index contributed by atoms with van der Waals surface area (Å²) in [5.41, 5.74) is 0.565. The van der Waals surface area contributed by atoms with E-state index >= 15 is 0 Å². The number of para-hydroxylation sites is 2. The van der Waals surface area contributed by atoms with Gasteiger partial charge in [-0.25, -0.2) is 0 Å². The Kier molecular flexibility index (Phi) is 6.23. The summed E-state index contributed by atoms with van der Waals surface area (Å²) in [6, 6.07) is 6.97. The smallest absolute Gasteiger partial charge is 0.310 e. The number of hydrogen-bond donors (Lipinski definition) is 1. The van der Waals surface area contributed by atoms with E-state index in [4.69, 9.17) is 9.47 Å². The first-order chi connectivity index (χ1) is 12.2. The fourth-order valence-electron chi connectivity index (χ4n) is 2.99. The van der Waals surface area contributed by atoms with E-state index < -0.39 is 24.1 Å². The molecular weight excluding hydrogens is 336 g/mol. The molecule has 0 aromatic heterocycles. The minimum absolute atomic E-state index is 0.00684. The molecule has 2 rings (SSSR count). The summed E-state index contributed by atoms with van der Waals surface area (Å²) in [7, 11) is 0. The molecule has 1 aromatic carbocycles. The first-order valence-corrected chi connectivity index (χ1v) is 8.79. The Morgan fingerprint density at radius 3 is 2.38 bits per heavy atom. The topological polar surface area (TPSA) is 84.9 Å². The summed E-state index contributed by atoms with van der Waals surface area (Å²) in [4.78, 5) is 38.5. The maximum atomic E-state index is 12.5. The molecule has 0 saturated carbocycles. The number of carbonyl (C=O) groups is 3. The molecule has 7 nitrogen and oxygen atoms in total. The second kappa shape index (κ2) is 8.21. The van der Waals surface area contributed by atoms with Crippen LogP contribution in [0.2, 0.25) is 0 Å².